The van der Waals surface area contributed by atoms with Crippen LogP contribution >= 0.6 is 0 Å². The van der Waals surface area contributed by atoms with E-state index in [2.05, 4.69) is 15.5 Å². The first-order valence-corrected chi connectivity index (χ1v) is 8.35. The van der Waals surface area contributed by atoms with Gasteiger partial charge in [-0.3, -0.25) is 24.8 Å². The van der Waals surface area contributed by atoms with Gasteiger partial charge in [0.1, 0.15) is 6.04 Å². The summed E-state index contributed by atoms with van der Waals surface area (Å²) in [7, 11) is 0. The molecule has 0 radical (unpaired) electrons. The van der Waals surface area contributed by atoms with Crippen LogP contribution in [0.2, 0.25) is 0 Å². The molecule has 1 aliphatic heterocycles. The lowest BCUT2D eigenvalue weighted by Crippen LogP contribution is -2.58. The van der Waals surface area contributed by atoms with Crippen LogP contribution in [0.15, 0.2) is 18.2 Å². The Bertz CT molecular complexity index is 942. The summed E-state index contributed by atoms with van der Waals surface area (Å²) in [5, 5.41) is 19.8. The fourth-order valence-electron chi connectivity index (χ4n) is 3.36. The number of aromatic amines is 1. The Hall–Kier alpha value is -3.18. The maximum absolute atomic E-state index is 13.5. The lowest BCUT2D eigenvalue weighted by atomic mass is 9.96. The van der Waals surface area contributed by atoms with Gasteiger partial charge in [-0.15, -0.1) is 0 Å². The molecule has 2 unspecified atom stereocenters. The van der Waals surface area contributed by atoms with Gasteiger partial charge in [0.2, 0.25) is 5.91 Å². The van der Waals surface area contributed by atoms with Crippen molar-refractivity contribution in [1.82, 2.24) is 20.4 Å². The SMILES string of the molecule is CC(=O)NC1CCC(C(F)(F)F)N(C(=O)c2n[nH]c3ccc([N+](=O)[O-])cc23)C1. The largest absolute Gasteiger partial charge is 0.408 e. The van der Waals surface area contributed by atoms with Crippen molar-refractivity contribution in [3.8, 4) is 0 Å². The molecule has 9 nitrogen and oxygen atoms in total. The second-order valence-electron chi connectivity index (χ2n) is 6.55. The van der Waals surface area contributed by atoms with Gasteiger partial charge < -0.3 is 10.2 Å². The number of non-ortho nitro benzene ring substituents is 1. The standard InChI is InChI=1S/C16H16F3N5O4/c1-8(25)20-9-2-5-13(16(17,18)19)23(7-9)15(26)14-11-6-10(24(27)28)3-4-12(11)21-22-14/h3-4,6,9,13H,2,5,7H2,1H3,(H,20,25)(H,21,22). The number of benzene rings is 1. The molecule has 2 atom stereocenters. The van der Waals surface area contributed by atoms with Gasteiger partial charge in [0, 0.05) is 37.0 Å². The minimum atomic E-state index is -4.66. The lowest BCUT2D eigenvalue weighted by Gasteiger charge is -2.40. The Labute approximate surface area is 156 Å². The molecule has 12 heteroatoms. The van der Waals surface area contributed by atoms with Gasteiger partial charge in [0.25, 0.3) is 11.6 Å². The molecule has 1 aromatic heterocycles. The maximum atomic E-state index is 13.5. The van der Waals surface area contributed by atoms with Gasteiger partial charge in [0.05, 0.1) is 10.4 Å². The van der Waals surface area contributed by atoms with Crippen molar-refractivity contribution >= 4 is 28.4 Å². The third kappa shape index (κ3) is 3.75. The molecule has 28 heavy (non-hydrogen) atoms. The molecule has 2 heterocycles. The highest BCUT2D eigenvalue weighted by atomic mass is 19.4. The number of fused-ring (bicyclic) bond motifs is 1. The fraction of sp³-hybridized carbons (Fsp3) is 0.438. The average molecular weight is 399 g/mol. The third-order valence-corrected chi connectivity index (χ3v) is 4.59. The summed E-state index contributed by atoms with van der Waals surface area (Å²) in [5.74, 6) is -1.42. The van der Waals surface area contributed by atoms with Crippen LogP contribution in [0.4, 0.5) is 18.9 Å². The Morgan fingerprint density at radius 2 is 2.07 bits per heavy atom. The molecule has 0 bridgehead atoms. The van der Waals surface area contributed by atoms with E-state index in [1.807, 2.05) is 0 Å². The predicted molar refractivity (Wildman–Crippen MR) is 90.5 cm³/mol. The zero-order valence-corrected chi connectivity index (χ0v) is 14.6. The number of aromatic nitrogens is 2. The number of carbonyl (C=O) groups is 2. The molecule has 2 N–H and O–H groups in total. The summed E-state index contributed by atoms with van der Waals surface area (Å²) in [6.45, 7) is 0.897. The smallest absolute Gasteiger partial charge is 0.352 e. The summed E-state index contributed by atoms with van der Waals surface area (Å²) in [6, 6.07) is 0.953. The molecule has 1 fully saturated rings. The number of hydrogen-bond donors (Lipinski definition) is 2. The van der Waals surface area contributed by atoms with Gasteiger partial charge >= 0.3 is 6.18 Å². The molecule has 3 rings (SSSR count). The van der Waals surface area contributed by atoms with Crippen molar-refractivity contribution in [3.63, 3.8) is 0 Å². The van der Waals surface area contributed by atoms with Crippen molar-refractivity contribution in [2.45, 2.75) is 38.0 Å². The van der Waals surface area contributed by atoms with Crippen LogP contribution in [0.5, 0.6) is 0 Å². The highest BCUT2D eigenvalue weighted by molar-refractivity contribution is 6.05. The van der Waals surface area contributed by atoms with Crippen LogP contribution in [-0.4, -0.2) is 56.6 Å². The molecule has 1 aliphatic rings. The van der Waals surface area contributed by atoms with E-state index in [4.69, 9.17) is 0 Å². The second-order valence-corrected chi connectivity index (χ2v) is 6.55. The summed E-state index contributed by atoms with van der Waals surface area (Å²) >= 11 is 0. The van der Waals surface area contributed by atoms with E-state index in [1.54, 1.807) is 0 Å². The van der Waals surface area contributed by atoms with Gasteiger partial charge in [0.15, 0.2) is 5.69 Å². The minimum Gasteiger partial charge on any atom is -0.352 e. The summed E-state index contributed by atoms with van der Waals surface area (Å²) in [6.07, 6.45) is -4.96. The normalized spacial score (nSPS) is 20.2. The third-order valence-electron chi connectivity index (χ3n) is 4.59. The van der Waals surface area contributed by atoms with E-state index in [9.17, 15) is 32.9 Å². The topological polar surface area (TPSA) is 121 Å². The summed E-state index contributed by atoms with van der Waals surface area (Å²) < 4.78 is 40.4. The number of carbonyl (C=O) groups excluding carboxylic acids is 2. The number of rotatable bonds is 3. The van der Waals surface area contributed by atoms with Crippen LogP contribution < -0.4 is 5.32 Å². The van der Waals surface area contributed by atoms with Gasteiger partial charge in [-0.1, -0.05) is 0 Å². The number of piperidine rings is 1. The van der Waals surface area contributed by atoms with Crippen LogP contribution in [0.1, 0.15) is 30.3 Å². The molecule has 0 aliphatic carbocycles. The quantitative estimate of drug-likeness (QED) is 0.605. The zero-order valence-electron chi connectivity index (χ0n) is 14.6. The van der Waals surface area contributed by atoms with Crippen LogP contribution in [0.25, 0.3) is 10.9 Å². The van der Waals surface area contributed by atoms with E-state index in [1.165, 1.54) is 19.1 Å². The van der Waals surface area contributed by atoms with Crippen LogP contribution in [0, 0.1) is 10.1 Å². The van der Waals surface area contributed by atoms with E-state index >= 15 is 0 Å². The average Bonchev–Trinajstić information content (AvgIpc) is 3.02. The molecule has 1 aromatic carbocycles. The molecule has 150 valence electrons. The number of likely N-dealkylation sites (tertiary alicyclic amines) is 1. The molecule has 2 amide bonds. The van der Waals surface area contributed by atoms with Crippen molar-refractivity contribution in [2.24, 2.45) is 0 Å². The number of nitro groups is 1. The van der Waals surface area contributed by atoms with Crippen molar-refractivity contribution in [1.29, 1.82) is 0 Å². The second kappa shape index (κ2) is 7.09. The number of H-pyrrole nitrogens is 1. The molecular weight excluding hydrogens is 383 g/mol. The number of hydrogen-bond acceptors (Lipinski definition) is 5. The number of nitro benzene ring substituents is 1. The van der Waals surface area contributed by atoms with E-state index in [-0.39, 0.29) is 41.7 Å². The summed E-state index contributed by atoms with van der Waals surface area (Å²) in [4.78, 5) is 35.1. The van der Waals surface area contributed by atoms with E-state index in [0.717, 1.165) is 6.07 Å². The Kier molecular flexibility index (Phi) is 4.96. The van der Waals surface area contributed by atoms with Crippen LogP contribution in [0.3, 0.4) is 0 Å². The molecular formula is C16H16F3N5O4. The molecule has 0 saturated carbocycles. The fourth-order valence-corrected chi connectivity index (χ4v) is 3.36. The van der Waals surface area contributed by atoms with Gasteiger partial charge in [-0.05, 0) is 18.9 Å². The van der Waals surface area contributed by atoms with Gasteiger partial charge in [-0.25, -0.2) is 0 Å². The molecule has 0 spiro atoms. The number of amides is 2. The monoisotopic (exact) mass is 399 g/mol. The van der Waals surface area contributed by atoms with Crippen molar-refractivity contribution in [3.05, 3.63) is 34.0 Å². The number of alkyl halides is 3. The zero-order chi connectivity index (χ0) is 20.6. The number of nitrogens with one attached hydrogen (secondary N) is 2. The maximum Gasteiger partial charge on any atom is 0.408 e. The highest BCUT2D eigenvalue weighted by Crippen LogP contribution is 2.34. The minimum absolute atomic E-state index is 0.0572. The highest BCUT2D eigenvalue weighted by Gasteiger charge is 2.48. The van der Waals surface area contributed by atoms with Crippen molar-refractivity contribution < 1.29 is 27.7 Å². The summed E-state index contributed by atoms with van der Waals surface area (Å²) in [5.41, 5.74) is -0.366. The molecule has 1 saturated heterocycles. The van der Waals surface area contributed by atoms with Crippen LogP contribution in [-0.2, 0) is 4.79 Å². The predicted octanol–water partition coefficient (Wildman–Crippen LogP) is 2.14. The first-order valence-electron chi connectivity index (χ1n) is 8.35. The Morgan fingerprint density at radius 1 is 1.36 bits per heavy atom. The van der Waals surface area contributed by atoms with Crippen molar-refractivity contribution in [2.75, 3.05) is 6.54 Å². The Balaban J connectivity index is 1.99. The van der Waals surface area contributed by atoms with Gasteiger partial charge in [-0.2, -0.15) is 18.3 Å². The number of halogens is 3. The number of nitrogens with zero attached hydrogens (tertiary/aromatic N) is 3. The first kappa shape index (κ1) is 19.6. The Morgan fingerprint density at radius 3 is 2.68 bits per heavy atom. The molecule has 2 aromatic rings. The lowest BCUT2D eigenvalue weighted by molar-refractivity contribution is -0.384. The van der Waals surface area contributed by atoms with E-state index in [0.29, 0.717) is 4.90 Å². The first-order chi connectivity index (χ1) is 13.1. The van der Waals surface area contributed by atoms with E-state index < -0.39 is 35.0 Å².